The van der Waals surface area contributed by atoms with Crippen LogP contribution >= 0.6 is 11.6 Å². The molecule has 0 atom stereocenters. The van der Waals surface area contributed by atoms with Gasteiger partial charge in [-0.1, -0.05) is 13.8 Å². The number of alkyl halides is 1. The van der Waals surface area contributed by atoms with Crippen molar-refractivity contribution in [2.75, 3.05) is 17.7 Å². The summed E-state index contributed by atoms with van der Waals surface area (Å²) >= 11 is 6.05. The Morgan fingerprint density at radius 1 is 1.39 bits per heavy atom. The molecule has 0 fully saturated rings. The summed E-state index contributed by atoms with van der Waals surface area (Å²) in [6.45, 7) is 7.51. The lowest BCUT2D eigenvalue weighted by atomic mass is 9.84. The van der Waals surface area contributed by atoms with Crippen LogP contribution < -0.4 is 10.9 Å². The SMILES string of the molecule is CCn1ccnc(NCC(CC)(CC)CCl)c1=O. The van der Waals surface area contributed by atoms with Gasteiger partial charge in [0.1, 0.15) is 0 Å². The van der Waals surface area contributed by atoms with Crippen molar-refractivity contribution in [1.82, 2.24) is 9.55 Å². The van der Waals surface area contributed by atoms with Gasteiger partial charge in [-0.25, -0.2) is 4.98 Å². The van der Waals surface area contributed by atoms with Gasteiger partial charge in [-0.2, -0.15) is 0 Å². The number of aryl methyl sites for hydroxylation is 1. The predicted molar refractivity (Wildman–Crippen MR) is 76.4 cm³/mol. The van der Waals surface area contributed by atoms with Gasteiger partial charge < -0.3 is 9.88 Å². The highest BCUT2D eigenvalue weighted by Crippen LogP contribution is 2.27. The summed E-state index contributed by atoms with van der Waals surface area (Å²) in [6.07, 6.45) is 5.30. The first-order chi connectivity index (χ1) is 8.62. The van der Waals surface area contributed by atoms with Crippen LogP contribution in [0.2, 0.25) is 0 Å². The summed E-state index contributed by atoms with van der Waals surface area (Å²) in [4.78, 5) is 16.1. The molecule has 1 N–H and O–H groups in total. The van der Waals surface area contributed by atoms with Gasteiger partial charge >= 0.3 is 0 Å². The Morgan fingerprint density at radius 3 is 2.56 bits per heavy atom. The first kappa shape index (κ1) is 15.0. The Morgan fingerprint density at radius 2 is 2.06 bits per heavy atom. The van der Waals surface area contributed by atoms with Crippen molar-refractivity contribution >= 4 is 17.4 Å². The van der Waals surface area contributed by atoms with Gasteiger partial charge in [0.15, 0.2) is 5.82 Å². The van der Waals surface area contributed by atoms with E-state index in [4.69, 9.17) is 11.6 Å². The summed E-state index contributed by atoms with van der Waals surface area (Å²) in [7, 11) is 0. The number of halogens is 1. The summed E-state index contributed by atoms with van der Waals surface area (Å²) in [5, 5.41) is 3.15. The molecule has 1 heterocycles. The molecule has 4 nitrogen and oxygen atoms in total. The normalized spacial score (nSPS) is 11.6. The van der Waals surface area contributed by atoms with Crippen LogP contribution in [0.3, 0.4) is 0 Å². The van der Waals surface area contributed by atoms with Crippen LogP contribution in [0, 0.1) is 5.41 Å². The maximum absolute atomic E-state index is 12.0. The Bertz CT molecular complexity index is 418. The third-order valence-corrected chi connectivity index (χ3v) is 4.24. The molecule has 0 amide bonds. The monoisotopic (exact) mass is 271 g/mol. The third kappa shape index (κ3) is 3.25. The average Bonchev–Trinajstić information content (AvgIpc) is 2.42. The van der Waals surface area contributed by atoms with Crippen molar-refractivity contribution in [3.05, 3.63) is 22.7 Å². The zero-order valence-electron chi connectivity index (χ0n) is 11.4. The summed E-state index contributed by atoms with van der Waals surface area (Å²) in [5.74, 6) is 0.998. The number of aromatic nitrogens is 2. The average molecular weight is 272 g/mol. The highest BCUT2D eigenvalue weighted by atomic mass is 35.5. The second-order valence-corrected chi connectivity index (χ2v) is 4.83. The van der Waals surface area contributed by atoms with E-state index in [2.05, 4.69) is 24.1 Å². The number of hydrogen-bond donors (Lipinski definition) is 1. The largest absolute Gasteiger partial charge is 0.365 e. The van der Waals surface area contributed by atoms with Gasteiger partial charge in [-0.05, 0) is 19.8 Å². The molecule has 0 aliphatic carbocycles. The third-order valence-electron chi connectivity index (χ3n) is 3.67. The molecule has 0 spiro atoms. The van der Waals surface area contributed by atoms with Gasteiger partial charge in [0, 0.05) is 36.8 Å². The molecule has 1 aromatic rings. The van der Waals surface area contributed by atoms with E-state index >= 15 is 0 Å². The van der Waals surface area contributed by atoms with E-state index in [0.29, 0.717) is 24.8 Å². The van der Waals surface area contributed by atoms with Gasteiger partial charge in [-0.15, -0.1) is 11.6 Å². The molecule has 1 rings (SSSR count). The molecule has 0 unspecified atom stereocenters. The molecule has 102 valence electrons. The number of anilines is 1. The van der Waals surface area contributed by atoms with Gasteiger partial charge in [0.25, 0.3) is 5.56 Å². The molecular weight excluding hydrogens is 250 g/mol. The predicted octanol–water partition coefficient (Wildman–Crippen LogP) is 2.72. The minimum atomic E-state index is -0.0734. The van der Waals surface area contributed by atoms with Crippen molar-refractivity contribution < 1.29 is 0 Å². The standard InChI is InChI=1S/C13H22ClN3O/c1-4-13(5-2,9-14)10-16-11-12(18)17(6-3)8-7-15-11/h7-8H,4-6,9-10H2,1-3H3,(H,15,16). The minimum Gasteiger partial charge on any atom is -0.365 e. The maximum atomic E-state index is 12.0. The summed E-state index contributed by atoms with van der Waals surface area (Å²) in [6, 6.07) is 0. The molecule has 18 heavy (non-hydrogen) atoms. The van der Waals surface area contributed by atoms with Crippen LogP contribution in [-0.4, -0.2) is 22.0 Å². The van der Waals surface area contributed by atoms with Crippen LogP contribution in [-0.2, 0) is 6.54 Å². The molecule has 0 saturated carbocycles. The lowest BCUT2D eigenvalue weighted by molar-refractivity contribution is 0.326. The van der Waals surface area contributed by atoms with Gasteiger partial charge in [0.2, 0.25) is 0 Å². The van der Waals surface area contributed by atoms with Crippen molar-refractivity contribution in [2.45, 2.75) is 40.2 Å². The van der Waals surface area contributed by atoms with Crippen molar-refractivity contribution in [3.8, 4) is 0 Å². The van der Waals surface area contributed by atoms with E-state index in [1.807, 2.05) is 6.92 Å². The van der Waals surface area contributed by atoms with E-state index < -0.39 is 0 Å². The molecular formula is C13H22ClN3O. The Hall–Kier alpha value is -1.03. The fourth-order valence-corrected chi connectivity index (χ4v) is 2.30. The molecule has 0 bridgehead atoms. The van der Waals surface area contributed by atoms with E-state index in [1.165, 1.54) is 0 Å². The number of rotatable bonds is 7. The van der Waals surface area contributed by atoms with Gasteiger partial charge in [0.05, 0.1) is 0 Å². The van der Waals surface area contributed by atoms with Crippen molar-refractivity contribution in [3.63, 3.8) is 0 Å². The lowest BCUT2D eigenvalue weighted by Crippen LogP contribution is -2.33. The minimum absolute atomic E-state index is 0.0303. The molecule has 0 aromatic carbocycles. The second kappa shape index (κ2) is 6.78. The first-order valence-corrected chi connectivity index (χ1v) is 7.01. The number of hydrogen-bond acceptors (Lipinski definition) is 3. The van der Waals surface area contributed by atoms with Crippen LogP contribution in [0.25, 0.3) is 0 Å². The summed E-state index contributed by atoms with van der Waals surface area (Å²) in [5.41, 5.74) is -0.0431. The highest BCUT2D eigenvalue weighted by Gasteiger charge is 2.25. The zero-order valence-corrected chi connectivity index (χ0v) is 12.1. The second-order valence-electron chi connectivity index (χ2n) is 4.56. The van der Waals surface area contributed by atoms with E-state index in [-0.39, 0.29) is 11.0 Å². The van der Waals surface area contributed by atoms with Crippen LogP contribution in [0.4, 0.5) is 5.82 Å². The van der Waals surface area contributed by atoms with Crippen molar-refractivity contribution in [1.29, 1.82) is 0 Å². The topological polar surface area (TPSA) is 46.9 Å². The van der Waals surface area contributed by atoms with Crippen LogP contribution in [0.1, 0.15) is 33.6 Å². The van der Waals surface area contributed by atoms with E-state index in [9.17, 15) is 4.79 Å². The fraction of sp³-hybridized carbons (Fsp3) is 0.692. The number of nitrogens with zero attached hydrogens (tertiary/aromatic N) is 2. The smallest absolute Gasteiger partial charge is 0.293 e. The number of nitrogens with one attached hydrogen (secondary N) is 1. The quantitative estimate of drug-likeness (QED) is 0.776. The molecule has 0 aliphatic heterocycles. The van der Waals surface area contributed by atoms with Gasteiger partial charge in [-0.3, -0.25) is 4.79 Å². The Balaban J connectivity index is 2.83. The molecule has 5 heteroatoms. The molecule has 0 aliphatic rings. The maximum Gasteiger partial charge on any atom is 0.293 e. The molecule has 1 aromatic heterocycles. The van der Waals surface area contributed by atoms with Crippen molar-refractivity contribution in [2.24, 2.45) is 5.41 Å². The van der Waals surface area contributed by atoms with Crippen LogP contribution in [0.15, 0.2) is 17.2 Å². The first-order valence-electron chi connectivity index (χ1n) is 6.47. The Labute approximate surface area is 113 Å². The molecule has 0 saturated heterocycles. The van der Waals surface area contributed by atoms with E-state index in [0.717, 1.165) is 12.8 Å². The summed E-state index contributed by atoms with van der Waals surface area (Å²) < 4.78 is 1.63. The lowest BCUT2D eigenvalue weighted by Gasteiger charge is -2.29. The highest BCUT2D eigenvalue weighted by molar-refractivity contribution is 6.18. The Kier molecular flexibility index (Phi) is 5.66. The molecule has 0 radical (unpaired) electrons. The zero-order chi connectivity index (χ0) is 13.6. The fourth-order valence-electron chi connectivity index (χ4n) is 1.83. The van der Waals surface area contributed by atoms with Crippen LogP contribution in [0.5, 0.6) is 0 Å². The van der Waals surface area contributed by atoms with E-state index in [1.54, 1.807) is 17.0 Å².